The molecule has 1 aromatic heterocycles. The monoisotopic (exact) mass is 288 g/mol. The van der Waals surface area contributed by atoms with Gasteiger partial charge < -0.3 is 14.5 Å². The minimum absolute atomic E-state index is 0.137. The Morgan fingerprint density at radius 2 is 2.05 bits per heavy atom. The van der Waals surface area contributed by atoms with Gasteiger partial charge in [0.15, 0.2) is 12.2 Å². The summed E-state index contributed by atoms with van der Waals surface area (Å²) < 4.78 is 9.74. The fourth-order valence-electron chi connectivity index (χ4n) is 1.84. The van der Waals surface area contributed by atoms with Crippen LogP contribution in [0.25, 0.3) is 11.3 Å². The molecule has 6 heteroatoms. The predicted octanol–water partition coefficient (Wildman–Crippen LogP) is 2.02. The maximum atomic E-state index is 12.0. The number of benzene rings is 1. The van der Waals surface area contributed by atoms with E-state index < -0.39 is 0 Å². The zero-order valence-corrected chi connectivity index (χ0v) is 11.8. The molecule has 2 rings (SSSR count). The average Bonchev–Trinajstić information content (AvgIpc) is 3.01. The van der Waals surface area contributed by atoms with Crippen LogP contribution in [0.2, 0.25) is 0 Å². The Bertz CT molecular complexity index is 605. The first kappa shape index (κ1) is 14.8. The van der Waals surface area contributed by atoms with E-state index >= 15 is 0 Å². The molecule has 2 aromatic rings. The predicted molar refractivity (Wildman–Crippen MR) is 75.5 cm³/mol. The second kappa shape index (κ2) is 6.69. The molecule has 0 aliphatic heterocycles. The number of esters is 1. The average molecular weight is 288 g/mol. The van der Waals surface area contributed by atoms with Crippen LogP contribution in [0.3, 0.4) is 0 Å². The quantitative estimate of drug-likeness (QED) is 0.851. The molecule has 1 N–H and O–H groups in total. The van der Waals surface area contributed by atoms with Crippen LogP contribution < -0.4 is 5.32 Å². The van der Waals surface area contributed by atoms with E-state index in [1.54, 1.807) is 37.4 Å². The third-order valence-electron chi connectivity index (χ3n) is 2.94. The summed E-state index contributed by atoms with van der Waals surface area (Å²) in [5, 5.41) is 2.74. The fourth-order valence-corrected chi connectivity index (χ4v) is 1.84. The molecule has 0 spiro atoms. The van der Waals surface area contributed by atoms with Crippen molar-refractivity contribution in [1.82, 2.24) is 10.3 Å². The molecule has 0 aliphatic carbocycles. The van der Waals surface area contributed by atoms with Gasteiger partial charge in [0.2, 0.25) is 0 Å². The summed E-state index contributed by atoms with van der Waals surface area (Å²) in [6.45, 7) is 1.75. The molecule has 0 radical (unpaired) electrons. The Morgan fingerprint density at radius 3 is 2.62 bits per heavy atom. The molecule has 6 nitrogen and oxygen atoms in total. The van der Waals surface area contributed by atoms with Crippen molar-refractivity contribution in [2.45, 2.75) is 19.4 Å². The lowest BCUT2D eigenvalue weighted by atomic mass is 10.1. The van der Waals surface area contributed by atoms with Gasteiger partial charge in [-0.2, -0.15) is 0 Å². The van der Waals surface area contributed by atoms with Gasteiger partial charge in [0, 0.05) is 17.2 Å². The van der Waals surface area contributed by atoms with Crippen LogP contribution >= 0.6 is 0 Å². The van der Waals surface area contributed by atoms with Crippen molar-refractivity contribution in [1.29, 1.82) is 0 Å². The van der Waals surface area contributed by atoms with E-state index in [2.05, 4.69) is 15.0 Å². The van der Waals surface area contributed by atoms with Crippen LogP contribution in [0.1, 0.15) is 23.7 Å². The first-order chi connectivity index (χ1) is 10.1. The SMILES string of the molecule is COC(=O)C[C@H](C)NC(=O)c1ccc(-c2cnco2)cc1. The van der Waals surface area contributed by atoms with Crippen molar-refractivity contribution < 1.29 is 18.7 Å². The van der Waals surface area contributed by atoms with E-state index in [0.29, 0.717) is 11.3 Å². The van der Waals surface area contributed by atoms with Crippen molar-refractivity contribution in [3.63, 3.8) is 0 Å². The number of ether oxygens (including phenoxy) is 1. The van der Waals surface area contributed by atoms with Gasteiger partial charge in [-0.1, -0.05) is 12.1 Å². The van der Waals surface area contributed by atoms with Crippen LogP contribution in [0, 0.1) is 0 Å². The number of hydrogen-bond donors (Lipinski definition) is 1. The molecule has 110 valence electrons. The summed E-state index contributed by atoms with van der Waals surface area (Å²) in [6.07, 6.45) is 3.09. The van der Waals surface area contributed by atoms with Gasteiger partial charge in [-0.3, -0.25) is 9.59 Å². The molecule has 1 aromatic carbocycles. The number of nitrogens with zero attached hydrogens (tertiary/aromatic N) is 1. The molecule has 1 amide bonds. The highest BCUT2D eigenvalue weighted by Crippen LogP contribution is 2.18. The third kappa shape index (κ3) is 3.92. The van der Waals surface area contributed by atoms with Crippen LogP contribution in [0.4, 0.5) is 0 Å². The van der Waals surface area contributed by atoms with Gasteiger partial charge in [-0.05, 0) is 19.1 Å². The zero-order valence-electron chi connectivity index (χ0n) is 11.8. The van der Waals surface area contributed by atoms with Crippen molar-refractivity contribution in [2.24, 2.45) is 0 Å². The summed E-state index contributed by atoms with van der Waals surface area (Å²) in [6, 6.07) is 6.65. The van der Waals surface area contributed by atoms with Crippen LogP contribution in [0.5, 0.6) is 0 Å². The smallest absolute Gasteiger partial charge is 0.307 e. The highest BCUT2D eigenvalue weighted by Gasteiger charge is 2.13. The summed E-state index contributed by atoms with van der Waals surface area (Å²) >= 11 is 0. The Kier molecular flexibility index (Phi) is 4.71. The highest BCUT2D eigenvalue weighted by atomic mass is 16.5. The van der Waals surface area contributed by atoms with Crippen molar-refractivity contribution in [2.75, 3.05) is 7.11 Å². The summed E-state index contributed by atoms with van der Waals surface area (Å²) in [7, 11) is 1.32. The number of methoxy groups -OCH3 is 1. The second-order valence-electron chi connectivity index (χ2n) is 4.60. The topological polar surface area (TPSA) is 81.4 Å². The molecule has 1 heterocycles. The number of carbonyl (C=O) groups excluding carboxylic acids is 2. The van der Waals surface area contributed by atoms with E-state index in [9.17, 15) is 9.59 Å². The molecule has 1 atom stereocenters. The Labute approximate surface area is 122 Å². The number of rotatable bonds is 5. The highest BCUT2D eigenvalue weighted by molar-refractivity contribution is 5.95. The Morgan fingerprint density at radius 1 is 1.33 bits per heavy atom. The number of aromatic nitrogens is 1. The maximum absolute atomic E-state index is 12.0. The maximum Gasteiger partial charge on any atom is 0.307 e. The van der Waals surface area contributed by atoms with E-state index in [1.165, 1.54) is 13.5 Å². The van der Waals surface area contributed by atoms with E-state index in [4.69, 9.17) is 4.42 Å². The first-order valence-corrected chi connectivity index (χ1v) is 6.46. The normalized spacial score (nSPS) is 11.7. The number of oxazole rings is 1. The summed E-state index contributed by atoms with van der Waals surface area (Å²) in [4.78, 5) is 27.0. The minimum Gasteiger partial charge on any atom is -0.469 e. The lowest BCUT2D eigenvalue weighted by Gasteiger charge is -2.12. The standard InChI is InChI=1S/C15H16N2O4/c1-10(7-14(18)20-2)17-15(19)12-5-3-11(4-6-12)13-8-16-9-21-13/h3-6,8-10H,7H2,1-2H3,(H,17,19)/t10-/m0/s1. The number of carbonyl (C=O) groups is 2. The summed E-state index contributed by atoms with van der Waals surface area (Å²) in [5.74, 6) is 0.0417. The molecule has 0 aliphatic rings. The number of hydrogen-bond acceptors (Lipinski definition) is 5. The second-order valence-corrected chi connectivity index (χ2v) is 4.60. The largest absolute Gasteiger partial charge is 0.469 e. The van der Waals surface area contributed by atoms with Crippen LogP contribution in [-0.4, -0.2) is 30.0 Å². The van der Waals surface area contributed by atoms with Crippen molar-refractivity contribution in [3.8, 4) is 11.3 Å². The lowest BCUT2D eigenvalue weighted by Crippen LogP contribution is -2.34. The van der Waals surface area contributed by atoms with Gasteiger partial charge in [-0.25, -0.2) is 4.98 Å². The molecule has 0 unspecified atom stereocenters. The van der Waals surface area contributed by atoms with Gasteiger partial charge >= 0.3 is 5.97 Å². The fraction of sp³-hybridized carbons (Fsp3) is 0.267. The van der Waals surface area contributed by atoms with Gasteiger partial charge in [0.1, 0.15) is 0 Å². The molecule has 0 saturated carbocycles. The van der Waals surface area contributed by atoms with E-state index in [1.807, 2.05) is 0 Å². The van der Waals surface area contributed by atoms with Crippen LogP contribution in [-0.2, 0) is 9.53 Å². The Hall–Kier alpha value is -2.63. The third-order valence-corrected chi connectivity index (χ3v) is 2.94. The summed E-state index contributed by atoms with van der Waals surface area (Å²) in [5.41, 5.74) is 1.35. The van der Waals surface area contributed by atoms with E-state index in [0.717, 1.165) is 5.56 Å². The number of amides is 1. The molecule has 0 saturated heterocycles. The zero-order chi connectivity index (χ0) is 15.2. The van der Waals surface area contributed by atoms with Crippen LogP contribution in [0.15, 0.2) is 41.3 Å². The molecule has 21 heavy (non-hydrogen) atoms. The van der Waals surface area contributed by atoms with Gasteiger partial charge in [0.25, 0.3) is 5.91 Å². The van der Waals surface area contributed by atoms with Gasteiger partial charge in [0.05, 0.1) is 19.7 Å². The molecular weight excluding hydrogens is 272 g/mol. The van der Waals surface area contributed by atoms with E-state index in [-0.39, 0.29) is 24.3 Å². The Balaban J connectivity index is 1.98. The molecule has 0 fully saturated rings. The lowest BCUT2D eigenvalue weighted by molar-refractivity contribution is -0.141. The molecular formula is C15H16N2O4. The first-order valence-electron chi connectivity index (χ1n) is 6.46. The number of nitrogens with one attached hydrogen (secondary N) is 1. The minimum atomic E-state index is -0.358. The van der Waals surface area contributed by atoms with Crippen molar-refractivity contribution >= 4 is 11.9 Å². The molecule has 0 bridgehead atoms. The van der Waals surface area contributed by atoms with Crippen molar-refractivity contribution in [3.05, 3.63) is 42.4 Å². The van der Waals surface area contributed by atoms with Gasteiger partial charge in [-0.15, -0.1) is 0 Å².